The fourth-order valence-corrected chi connectivity index (χ4v) is 3.01. The van der Waals surface area contributed by atoms with Gasteiger partial charge in [-0.05, 0) is 51.8 Å². The van der Waals surface area contributed by atoms with E-state index in [1.54, 1.807) is 31.4 Å². The SMILES string of the molecule is CCN(CC(=O)Nc1cccc(OC)c1)C(=O)c1cc(C(C)C)n(C(C)(C)C)n1. The summed E-state index contributed by atoms with van der Waals surface area (Å²) in [5.74, 6) is 0.362. The van der Waals surface area contributed by atoms with Crippen LogP contribution < -0.4 is 10.1 Å². The molecule has 0 saturated heterocycles. The number of likely N-dealkylation sites (N-methyl/N-ethyl adjacent to an activating group) is 1. The van der Waals surface area contributed by atoms with Gasteiger partial charge in [0, 0.05) is 24.0 Å². The van der Waals surface area contributed by atoms with Gasteiger partial charge in [0.05, 0.1) is 12.6 Å². The van der Waals surface area contributed by atoms with Gasteiger partial charge in [0.1, 0.15) is 12.3 Å². The van der Waals surface area contributed by atoms with Crippen molar-refractivity contribution in [2.75, 3.05) is 25.5 Å². The molecule has 2 amide bonds. The van der Waals surface area contributed by atoms with Crippen LogP contribution in [-0.4, -0.2) is 46.7 Å². The number of nitrogens with zero attached hydrogens (tertiary/aromatic N) is 3. The fraction of sp³-hybridized carbons (Fsp3) is 0.500. The second-order valence-electron chi connectivity index (χ2n) is 8.29. The molecule has 29 heavy (non-hydrogen) atoms. The van der Waals surface area contributed by atoms with E-state index in [0.29, 0.717) is 23.7 Å². The number of benzene rings is 1. The molecule has 0 aliphatic rings. The second kappa shape index (κ2) is 9.11. The summed E-state index contributed by atoms with van der Waals surface area (Å²) < 4.78 is 7.07. The van der Waals surface area contributed by atoms with Crippen molar-refractivity contribution in [3.8, 4) is 5.75 Å². The molecule has 2 rings (SSSR count). The maximum atomic E-state index is 13.0. The zero-order chi connectivity index (χ0) is 21.8. The van der Waals surface area contributed by atoms with Crippen LogP contribution in [0.2, 0.25) is 0 Å². The first-order chi connectivity index (χ1) is 13.6. The molecule has 158 valence electrons. The van der Waals surface area contributed by atoms with Crippen LogP contribution in [0.3, 0.4) is 0 Å². The first-order valence-corrected chi connectivity index (χ1v) is 9.90. The maximum Gasteiger partial charge on any atom is 0.274 e. The lowest BCUT2D eigenvalue weighted by atomic mass is 10.1. The fourth-order valence-electron chi connectivity index (χ4n) is 3.01. The van der Waals surface area contributed by atoms with Crippen molar-refractivity contribution in [2.24, 2.45) is 0 Å². The third-order valence-corrected chi connectivity index (χ3v) is 4.54. The second-order valence-corrected chi connectivity index (χ2v) is 8.29. The molecule has 2 aromatic rings. The lowest BCUT2D eigenvalue weighted by molar-refractivity contribution is -0.116. The number of hydrogen-bond acceptors (Lipinski definition) is 4. The molecule has 0 radical (unpaired) electrons. The van der Waals surface area contributed by atoms with Gasteiger partial charge in [-0.1, -0.05) is 19.9 Å². The van der Waals surface area contributed by atoms with Gasteiger partial charge in [-0.15, -0.1) is 0 Å². The van der Waals surface area contributed by atoms with Crippen molar-refractivity contribution < 1.29 is 14.3 Å². The highest BCUT2D eigenvalue weighted by atomic mass is 16.5. The third-order valence-electron chi connectivity index (χ3n) is 4.54. The Labute approximate surface area is 173 Å². The van der Waals surface area contributed by atoms with Crippen LogP contribution in [0.25, 0.3) is 0 Å². The van der Waals surface area contributed by atoms with Gasteiger partial charge in [0.2, 0.25) is 5.91 Å². The molecule has 1 aromatic carbocycles. The first kappa shape index (κ1) is 22.5. The van der Waals surface area contributed by atoms with Crippen LogP contribution >= 0.6 is 0 Å². The highest BCUT2D eigenvalue weighted by Crippen LogP contribution is 2.24. The number of carbonyl (C=O) groups excluding carboxylic acids is 2. The van der Waals surface area contributed by atoms with E-state index in [0.717, 1.165) is 5.69 Å². The van der Waals surface area contributed by atoms with Crippen molar-refractivity contribution in [2.45, 2.75) is 53.0 Å². The quantitative estimate of drug-likeness (QED) is 0.765. The van der Waals surface area contributed by atoms with E-state index in [-0.39, 0.29) is 29.8 Å². The maximum absolute atomic E-state index is 13.0. The molecule has 0 saturated carbocycles. The largest absolute Gasteiger partial charge is 0.497 e. The van der Waals surface area contributed by atoms with Crippen LogP contribution in [0, 0.1) is 0 Å². The van der Waals surface area contributed by atoms with Crippen molar-refractivity contribution in [1.29, 1.82) is 0 Å². The summed E-state index contributed by atoms with van der Waals surface area (Å²) in [7, 11) is 1.57. The van der Waals surface area contributed by atoms with Gasteiger partial charge in [-0.2, -0.15) is 5.10 Å². The van der Waals surface area contributed by atoms with E-state index in [4.69, 9.17) is 4.74 Å². The number of rotatable bonds is 7. The number of hydrogen-bond donors (Lipinski definition) is 1. The summed E-state index contributed by atoms with van der Waals surface area (Å²) >= 11 is 0. The van der Waals surface area contributed by atoms with E-state index >= 15 is 0 Å². The van der Waals surface area contributed by atoms with Crippen molar-refractivity contribution in [1.82, 2.24) is 14.7 Å². The topological polar surface area (TPSA) is 76.5 Å². The van der Waals surface area contributed by atoms with Gasteiger partial charge in [-0.3, -0.25) is 14.3 Å². The third kappa shape index (κ3) is 5.59. The number of aromatic nitrogens is 2. The van der Waals surface area contributed by atoms with E-state index in [1.807, 2.05) is 17.7 Å². The molecule has 0 bridgehead atoms. The minimum absolute atomic E-state index is 0.0497. The molecule has 0 atom stereocenters. The minimum Gasteiger partial charge on any atom is -0.497 e. The number of nitrogens with one attached hydrogen (secondary N) is 1. The van der Waals surface area contributed by atoms with Gasteiger partial charge in [-0.25, -0.2) is 0 Å². The molecule has 0 unspecified atom stereocenters. The van der Waals surface area contributed by atoms with Gasteiger partial charge in [0.25, 0.3) is 5.91 Å². The van der Waals surface area contributed by atoms with Crippen LogP contribution in [0.15, 0.2) is 30.3 Å². The number of amides is 2. The summed E-state index contributed by atoms with van der Waals surface area (Å²) in [6.07, 6.45) is 0. The standard InChI is InChI=1S/C22H32N4O3/c1-8-25(14-20(27)23-16-10-9-11-17(12-16)29-7)21(28)18-13-19(15(2)3)26(24-18)22(4,5)6/h9-13,15H,8,14H2,1-7H3,(H,23,27). The van der Waals surface area contributed by atoms with Crippen LogP contribution in [0.1, 0.15) is 63.6 Å². The van der Waals surface area contributed by atoms with Crippen molar-refractivity contribution in [3.63, 3.8) is 0 Å². The van der Waals surface area contributed by atoms with E-state index in [2.05, 4.69) is 45.0 Å². The zero-order valence-corrected chi connectivity index (χ0v) is 18.4. The highest BCUT2D eigenvalue weighted by molar-refractivity contribution is 5.98. The molecule has 0 aliphatic heterocycles. The number of anilines is 1. The molecular formula is C22H32N4O3. The van der Waals surface area contributed by atoms with E-state index in [1.165, 1.54) is 4.90 Å². The molecule has 1 N–H and O–H groups in total. The summed E-state index contributed by atoms with van der Waals surface area (Å²) in [6, 6.07) is 8.94. The van der Waals surface area contributed by atoms with Crippen LogP contribution in [-0.2, 0) is 10.3 Å². The predicted molar refractivity (Wildman–Crippen MR) is 115 cm³/mol. The average molecular weight is 401 g/mol. The van der Waals surface area contributed by atoms with Gasteiger partial charge in [0.15, 0.2) is 5.69 Å². The minimum atomic E-state index is -0.271. The summed E-state index contributed by atoms with van der Waals surface area (Å²) in [4.78, 5) is 27.0. The molecular weight excluding hydrogens is 368 g/mol. The van der Waals surface area contributed by atoms with Crippen molar-refractivity contribution >= 4 is 17.5 Å². The lowest BCUT2D eigenvalue weighted by Crippen LogP contribution is -2.38. The Morgan fingerprint density at radius 3 is 2.45 bits per heavy atom. The molecule has 7 nitrogen and oxygen atoms in total. The predicted octanol–water partition coefficient (Wildman–Crippen LogP) is 3.87. The summed E-state index contributed by atoms with van der Waals surface area (Å²) in [6.45, 7) is 12.5. The Bertz CT molecular complexity index is 865. The zero-order valence-electron chi connectivity index (χ0n) is 18.4. The smallest absolute Gasteiger partial charge is 0.274 e. The summed E-state index contributed by atoms with van der Waals surface area (Å²) in [5, 5.41) is 7.37. The van der Waals surface area contributed by atoms with Crippen LogP contribution in [0.5, 0.6) is 5.75 Å². The molecule has 7 heteroatoms. The molecule has 1 aromatic heterocycles. The Balaban J connectivity index is 2.17. The Kier molecular flexibility index (Phi) is 7.06. The van der Waals surface area contributed by atoms with Crippen LogP contribution in [0.4, 0.5) is 5.69 Å². The van der Waals surface area contributed by atoms with Gasteiger partial charge < -0.3 is 15.0 Å². The molecule has 1 heterocycles. The number of methoxy groups -OCH3 is 1. The highest BCUT2D eigenvalue weighted by Gasteiger charge is 2.26. The monoisotopic (exact) mass is 400 g/mol. The molecule has 0 fully saturated rings. The Hall–Kier alpha value is -2.83. The number of ether oxygens (including phenoxy) is 1. The summed E-state index contributed by atoms with van der Waals surface area (Å²) in [5.41, 5.74) is 1.74. The first-order valence-electron chi connectivity index (χ1n) is 9.90. The Morgan fingerprint density at radius 2 is 1.93 bits per heavy atom. The molecule has 0 aliphatic carbocycles. The van der Waals surface area contributed by atoms with Crippen molar-refractivity contribution in [3.05, 3.63) is 41.7 Å². The molecule has 0 spiro atoms. The normalized spacial score (nSPS) is 11.4. The van der Waals surface area contributed by atoms with E-state index in [9.17, 15) is 9.59 Å². The van der Waals surface area contributed by atoms with Gasteiger partial charge >= 0.3 is 0 Å². The lowest BCUT2D eigenvalue weighted by Gasteiger charge is -2.24. The average Bonchev–Trinajstić information content (AvgIpc) is 3.12. The number of carbonyl (C=O) groups is 2. The van der Waals surface area contributed by atoms with E-state index < -0.39 is 0 Å². The Morgan fingerprint density at radius 1 is 1.24 bits per heavy atom.